The lowest BCUT2D eigenvalue weighted by molar-refractivity contribution is -0.142. The van der Waals surface area contributed by atoms with E-state index in [1.165, 1.54) is 20.8 Å². The fraction of sp³-hybridized carbons (Fsp3) is 0.647. The fourth-order valence-electron chi connectivity index (χ4n) is 2.76. The molecule has 1 saturated heterocycles. The lowest BCUT2D eigenvalue weighted by Gasteiger charge is -2.22. The summed E-state index contributed by atoms with van der Waals surface area (Å²) in [6, 6.07) is 0. The lowest BCUT2D eigenvalue weighted by Crippen LogP contribution is -2.41. The van der Waals surface area contributed by atoms with Gasteiger partial charge in [0.05, 0.1) is 24.1 Å². The third kappa shape index (κ3) is 8.99. The Kier molecular flexibility index (Phi) is 9.79. The standard InChI is InChI=1S/C17H26N2O12P2S/c1-17(2,3)31-33(26,27)29-9-8-28-32(24,25)30-11-34-12-10-15(22)19(16(12)23)7-6-18-13(20)4-5-14(18)21/h4-5,12H,6-11H2,1-3H3,(H,24,25)(H,26,27). The van der Waals surface area contributed by atoms with Gasteiger partial charge >= 0.3 is 15.6 Å². The molecule has 192 valence electrons. The molecule has 0 aliphatic carbocycles. The van der Waals surface area contributed by atoms with E-state index in [0.717, 1.165) is 33.7 Å². The van der Waals surface area contributed by atoms with Crippen LogP contribution in [0, 0.1) is 0 Å². The summed E-state index contributed by atoms with van der Waals surface area (Å²) in [5.41, 5.74) is -0.952. The van der Waals surface area contributed by atoms with Crippen molar-refractivity contribution < 1.29 is 56.2 Å². The molecule has 2 N–H and O–H groups in total. The SMILES string of the molecule is CC(C)(C)OP(=O)(O)OCCOP(=O)(O)OCSC1CC(=O)N(CCN2C(=O)C=CC2=O)C1=O. The lowest BCUT2D eigenvalue weighted by atomic mass is 10.2. The summed E-state index contributed by atoms with van der Waals surface area (Å²) in [6.45, 7) is 3.22. The summed E-state index contributed by atoms with van der Waals surface area (Å²) in [4.78, 5) is 68.7. The molecule has 2 rings (SSSR count). The Morgan fingerprint density at radius 3 is 2.03 bits per heavy atom. The summed E-state index contributed by atoms with van der Waals surface area (Å²) < 4.78 is 42.4. The first-order valence-corrected chi connectivity index (χ1v) is 13.9. The molecule has 0 aromatic carbocycles. The van der Waals surface area contributed by atoms with Crippen molar-refractivity contribution in [2.75, 3.05) is 32.2 Å². The number of thioether (sulfide) groups is 1. The molecule has 3 unspecified atom stereocenters. The molecule has 0 radical (unpaired) electrons. The molecular formula is C17H26N2O12P2S. The maximum atomic E-state index is 12.4. The highest BCUT2D eigenvalue weighted by Gasteiger charge is 2.40. The Bertz CT molecular complexity index is 931. The van der Waals surface area contributed by atoms with Gasteiger partial charge in [0.25, 0.3) is 11.8 Å². The summed E-state index contributed by atoms with van der Waals surface area (Å²) in [5, 5.41) is -0.881. The van der Waals surface area contributed by atoms with E-state index in [1.54, 1.807) is 0 Å². The minimum absolute atomic E-state index is 0.140. The van der Waals surface area contributed by atoms with E-state index in [2.05, 4.69) is 9.05 Å². The van der Waals surface area contributed by atoms with Gasteiger partial charge in [-0.15, -0.1) is 11.8 Å². The van der Waals surface area contributed by atoms with Gasteiger partial charge in [-0.25, -0.2) is 9.13 Å². The molecule has 0 bridgehead atoms. The van der Waals surface area contributed by atoms with Crippen molar-refractivity contribution in [1.82, 2.24) is 9.80 Å². The van der Waals surface area contributed by atoms with Crippen LogP contribution in [0.5, 0.6) is 0 Å². The molecule has 2 aliphatic heterocycles. The monoisotopic (exact) mass is 544 g/mol. The van der Waals surface area contributed by atoms with E-state index in [4.69, 9.17) is 9.05 Å². The number of amides is 4. The molecule has 0 saturated carbocycles. The van der Waals surface area contributed by atoms with Crippen molar-refractivity contribution >= 4 is 51.0 Å². The first kappa shape index (κ1) is 28.8. The fourth-order valence-corrected chi connectivity index (χ4v) is 5.66. The topological polar surface area (TPSA) is 186 Å². The van der Waals surface area contributed by atoms with Crippen molar-refractivity contribution in [1.29, 1.82) is 0 Å². The van der Waals surface area contributed by atoms with Gasteiger partial charge in [0.15, 0.2) is 0 Å². The van der Waals surface area contributed by atoms with Gasteiger partial charge in [0.2, 0.25) is 11.8 Å². The van der Waals surface area contributed by atoms with E-state index in [9.17, 15) is 38.1 Å². The van der Waals surface area contributed by atoms with Gasteiger partial charge in [-0.05, 0) is 20.8 Å². The molecule has 0 aromatic heterocycles. The van der Waals surface area contributed by atoms with Crippen LogP contribution in [0.3, 0.4) is 0 Å². The number of hydrogen-bond donors (Lipinski definition) is 2. The highest BCUT2D eigenvalue weighted by Crippen LogP contribution is 2.48. The average Bonchev–Trinajstić information content (AvgIpc) is 3.14. The van der Waals surface area contributed by atoms with Crippen LogP contribution in [0.4, 0.5) is 0 Å². The Balaban J connectivity index is 1.70. The molecule has 17 heteroatoms. The second-order valence-corrected chi connectivity index (χ2v) is 11.9. The first-order valence-electron chi connectivity index (χ1n) is 9.89. The van der Waals surface area contributed by atoms with Crippen LogP contribution in [0.2, 0.25) is 0 Å². The zero-order chi connectivity index (χ0) is 25.7. The van der Waals surface area contributed by atoms with Gasteiger partial charge in [-0.2, -0.15) is 0 Å². The van der Waals surface area contributed by atoms with Crippen LogP contribution < -0.4 is 0 Å². The van der Waals surface area contributed by atoms with Crippen LogP contribution in [0.15, 0.2) is 12.2 Å². The quantitative estimate of drug-likeness (QED) is 0.144. The van der Waals surface area contributed by atoms with Gasteiger partial charge < -0.3 is 9.79 Å². The smallest absolute Gasteiger partial charge is 0.302 e. The van der Waals surface area contributed by atoms with Crippen molar-refractivity contribution in [3.8, 4) is 0 Å². The van der Waals surface area contributed by atoms with E-state index in [-0.39, 0.29) is 19.5 Å². The molecule has 14 nitrogen and oxygen atoms in total. The van der Waals surface area contributed by atoms with Crippen molar-refractivity contribution in [3.05, 3.63) is 12.2 Å². The van der Waals surface area contributed by atoms with E-state index in [1.807, 2.05) is 0 Å². The third-order valence-corrected chi connectivity index (χ3v) is 7.57. The predicted molar refractivity (Wildman–Crippen MR) is 117 cm³/mol. The molecule has 2 aliphatic rings. The van der Waals surface area contributed by atoms with E-state index >= 15 is 0 Å². The minimum atomic E-state index is -4.57. The summed E-state index contributed by atoms with van der Waals surface area (Å²) in [6.07, 6.45) is 2.00. The molecule has 4 amide bonds. The maximum Gasteiger partial charge on any atom is 0.473 e. The molecule has 3 atom stereocenters. The highest BCUT2D eigenvalue weighted by molar-refractivity contribution is 8.00. The van der Waals surface area contributed by atoms with E-state index in [0.29, 0.717) is 0 Å². The normalized spacial score (nSPS) is 22.6. The van der Waals surface area contributed by atoms with Gasteiger partial charge in [-0.3, -0.25) is 47.1 Å². The zero-order valence-electron chi connectivity index (χ0n) is 18.6. The minimum Gasteiger partial charge on any atom is -0.302 e. The number of carbonyl (C=O) groups excluding carboxylic acids is 4. The molecule has 2 heterocycles. The van der Waals surface area contributed by atoms with Gasteiger partial charge in [-0.1, -0.05) is 0 Å². The Hall–Kier alpha value is -1.41. The molecule has 1 fully saturated rings. The van der Waals surface area contributed by atoms with Crippen LogP contribution in [-0.2, 0) is 46.4 Å². The number of carbonyl (C=O) groups is 4. The Morgan fingerprint density at radius 2 is 1.47 bits per heavy atom. The number of nitrogens with zero attached hydrogens (tertiary/aromatic N) is 2. The maximum absolute atomic E-state index is 12.4. The zero-order valence-corrected chi connectivity index (χ0v) is 21.3. The number of rotatable bonds is 13. The first-order chi connectivity index (χ1) is 15.6. The van der Waals surface area contributed by atoms with Gasteiger partial charge in [0, 0.05) is 31.7 Å². The number of likely N-dealkylation sites (tertiary alicyclic amines) is 1. The molecule has 34 heavy (non-hydrogen) atoms. The van der Waals surface area contributed by atoms with Crippen LogP contribution >= 0.6 is 27.4 Å². The van der Waals surface area contributed by atoms with Crippen molar-refractivity contribution in [2.45, 2.75) is 38.0 Å². The Labute approximate surface area is 199 Å². The van der Waals surface area contributed by atoms with Gasteiger partial charge in [0.1, 0.15) is 5.94 Å². The van der Waals surface area contributed by atoms with Crippen LogP contribution in [0.1, 0.15) is 27.2 Å². The largest absolute Gasteiger partial charge is 0.473 e. The third-order valence-electron chi connectivity index (χ3n) is 4.12. The Morgan fingerprint density at radius 1 is 0.941 bits per heavy atom. The molecule has 0 spiro atoms. The van der Waals surface area contributed by atoms with E-state index < -0.39 is 69.3 Å². The average molecular weight is 544 g/mol. The number of imide groups is 2. The summed E-state index contributed by atoms with van der Waals surface area (Å²) >= 11 is 0.793. The number of phosphoric ester groups is 2. The summed E-state index contributed by atoms with van der Waals surface area (Å²) in [7, 11) is -8.96. The number of hydrogen-bond acceptors (Lipinski definition) is 11. The van der Waals surface area contributed by atoms with Crippen LogP contribution in [-0.4, -0.2) is 86.3 Å². The van der Waals surface area contributed by atoms with Crippen molar-refractivity contribution in [3.63, 3.8) is 0 Å². The number of phosphoric acid groups is 2. The predicted octanol–water partition coefficient (Wildman–Crippen LogP) is 0.795. The van der Waals surface area contributed by atoms with Crippen molar-refractivity contribution in [2.24, 2.45) is 0 Å². The van der Waals surface area contributed by atoms with Crippen LogP contribution in [0.25, 0.3) is 0 Å². The second-order valence-electron chi connectivity index (χ2n) is 7.96. The highest BCUT2D eigenvalue weighted by atomic mass is 32.2. The molecule has 0 aromatic rings. The molecular weight excluding hydrogens is 518 g/mol. The second kappa shape index (κ2) is 11.5. The summed E-state index contributed by atoms with van der Waals surface area (Å²) in [5.74, 6) is -2.62.